The Morgan fingerprint density at radius 2 is 1.56 bits per heavy atom. The lowest BCUT2D eigenvalue weighted by Gasteiger charge is -2.17. The van der Waals surface area contributed by atoms with Gasteiger partial charge in [-0.3, -0.25) is 4.98 Å². The minimum absolute atomic E-state index is 0.103. The number of sulfone groups is 1. The van der Waals surface area contributed by atoms with Crippen LogP contribution < -0.4 is 4.72 Å². The fraction of sp³-hybridized carbons (Fsp3) is 0.150. The summed E-state index contributed by atoms with van der Waals surface area (Å²) in [7, 11) is -9.14. The van der Waals surface area contributed by atoms with E-state index in [1.807, 2.05) is 4.72 Å². The van der Waals surface area contributed by atoms with E-state index in [9.17, 15) is 35.1 Å². The monoisotopic (exact) mass is 486 g/mol. The average Bonchev–Trinajstić information content (AvgIpc) is 2.77. The van der Waals surface area contributed by atoms with Crippen LogP contribution in [0.2, 0.25) is 0 Å². The number of hydrogen-bond acceptors (Lipinski definition) is 6. The molecule has 0 aliphatic carbocycles. The smallest absolute Gasteiger partial charge is 0.385 e. The molecule has 170 valence electrons. The van der Waals surface area contributed by atoms with E-state index in [0.29, 0.717) is 18.2 Å². The van der Waals surface area contributed by atoms with Crippen molar-refractivity contribution in [1.82, 2.24) is 9.71 Å². The molecular weight excluding hydrogens is 469 g/mol. The molecule has 0 aliphatic rings. The number of pyridine rings is 1. The highest BCUT2D eigenvalue weighted by Gasteiger charge is 2.38. The van der Waals surface area contributed by atoms with Gasteiger partial charge in [-0.1, -0.05) is 24.3 Å². The third-order valence-electron chi connectivity index (χ3n) is 4.41. The molecule has 0 saturated carbocycles. The second-order valence-corrected chi connectivity index (χ2v) is 10.3. The zero-order chi connectivity index (χ0) is 23.6. The zero-order valence-electron chi connectivity index (χ0n) is 16.2. The first-order valence-corrected chi connectivity index (χ1v) is 12.0. The van der Waals surface area contributed by atoms with E-state index in [1.165, 1.54) is 36.5 Å². The topological polar surface area (TPSA) is 113 Å². The Hall–Kier alpha value is -2.80. The van der Waals surface area contributed by atoms with E-state index >= 15 is 0 Å². The van der Waals surface area contributed by atoms with E-state index in [-0.39, 0.29) is 10.6 Å². The van der Waals surface area contributed by atoms with E-state index in [0.717, 1.165) is 0 Å². The normalized spacial score (nSPS) is 13.6. The predicted molar refractivity (Wildman–Crippen MR) is 108 cm³/mol. The van der Waals surface area contributed by atoms with Crippen molar-refractivity contribution >= 4 is 19.9 Å². The van der Waals surface area contributed by atoms with Crippen LogP contribution in [0.4, 0.5) is 13.2 Å². The van der Waals surface area contributed by atoms with Crippen molar-refractivity contribution in [3.05, 3.63) is 84.2 Å². The van der Waals surface area contributed by atoms with Gasteiger partial charge in [-0.05, 0) is 42.5 Å². The number of nitrogens with zero attached hydrogens (tertiary/aromatic N) is 1. The largest absolute Gasteiger partial charge is 0.417 e. The van der Waals surface area contributed by atoms with Gasteiger partial charge < -0.3 is 5.11 Å². The van der Waals surface area contributed by atoms with Crippen molar-refractivity contribution in [3.63, 3.8) is 0 Å². The van der Waals surface area contributed by atoms with Crippen LogP contribution in [0, 0.1) is 0 Å². The van der Waals surface area contributed by atoms with Gasteiger partial charge in [0.05, 0.1) is 25.9 Å². The summed E-state index contributed by atoms with van der Waals surface area (Å²) in [6.07, 6.45) is -5.15. The molecule has 2 N–H and O–H groups in total. The molecule has 1 atom stereocenters. The number of alkyl halides is 3. The highest BCUT2D eigenvalue weighted by atomic mass is 32.2. The molecule has 32 heavy (non-hydrogen) atoms. The van der Waals surface area contributed by atoms with E-state index in [1.54, 1.807) is 18.2 Å². The molecule has 0 spiro atoms. The number of benzene rings is 2. The summed E-state index contributed by atoms with van der Waals surface area (Å²) in [6.45, 7) is -0.674. The van der Waals surface area contributed by atoms with Crippen LogP contribution in [-0.4, -0.2) is 33.5 Å². The molecule has 0 unspecified atom stereocenters. The van der Waals surface area contributed by atoms with Crippen LogP contribution in [0.1, 0.15) is 17.4 Å². The van der Waals surface area contributed by atoms with Crippen LogP contribution in [-0.2, 0) is 26.0 Å². The van der Waals surface area contributed by atoms with Crippen LogP contribution in [0.15, 0.2) is 87.6 Å². The summed E-state index contributed by atoms with van der Waals surface area (Å²) in [5.74, 6) is 0. The highest BCUT2D eigenvalue weighted by molar-refractivity contribution is 7.91. The molecule has 2 aromatic carbocycles. The molecule has 0 amide bonds. The van der Waals surface area contributed by atoms with Crippen LogP contribution in [0.25, 0.3) is 0 Å². The Bertz CT molecular complexity index is 1300. The van der Waals surface area contributed by atoms with Crippen molar-refractivity contribution in [3.8, 4) is 0 Å². The number of aromatic nitrogens is 1. The van der Waals surface area contributed by atoms with Gasteiger partial charge >= 0.3 is 6.18 Å². The van der Waals surface area contributed by atoms with Gasteiger partial charge in [-0.25, -0.2) is 21.6 Å². The highest BCUT2D eigenvalue weighted by Crippen LogP contribution is 2.36. The van der Waals surface area contributed by atoms with Crippen molar-refractivity contribution in [2.45, 2.75) is 27.0 Å². The van der Waals surface area contributed by atoms with Crippen molar-refractivity contribution < 1.29 is 35.1 Å². The maximum atomic E-state index is 13.5. The van der Waals surface area contributed by atoms with Crippen LogP contribution in [0.3, 0.4) is 0 Å². The van der Waals surface area contributed by atoms with Gasteiger partial charge in [0.2, 0.25) is 19.9 Å². The van der Waals surface area contributed by atoms with Crippen LogP contribution in [0.5, 0.6) is 0 Å². The van der Waals surface area contributed by atoms with Gasteiger partial charge in [0, 0.05) is 12.7 Å². The van der Waals surface area contributed by atoms with E-state index in [4.69, 9.17) is 0 Å². The van der Waals surface area contributed by atoms with Crippen molar-refractivity contribution in [1.29, 1.82) is 0 Å². The Labute approximate surface area is 182 Å². The second-order valence-electron chi connectivity index (χ2n) is 6.59. The summed E-state index contributed by atoms with van der Waals surface area (Å²) in [6, 6.07) is 13.0. The van der Waals surface area contributed by atoms with Gasteiger partial charge in [0.15, 0.2) is 0 Å². The van der Waals surface area contributed by atoms with Gasteiger partial charge in [-0.15, -0.1) is 0 Å². The minimum Gasteiger partial charge on any atom is -0.385 e. The summed E-state index contributed by atoms with van der Waals surface area (Å²) in [4.78, 5) is 1.75. The number of aliphatic hydroxyl groups is 1. The molecule has 12 heteroatoms. The third kappa shape index (κ3) is 5.15. The molecule has 3 rings (SSSR count). The minimum atomic E-state index is -5.07. The maximum absolute atomic E-state index is 13.5. The summed E-state index contributed by atoms with van der Waals surface area (Å²) in [5.41, 5.74) is -1.43. The summed E-state index contributed by atoms with van der Waals surface area (Å²) in [5, 5.41) is 10.1. The second kappa shape index (κ2) is 8.98. The molecule has 0 aliphatic heterocycles. The molecule has 0 bridgehead atoms. The number of nitrogens with one attached hydrogen (secondary N) is 1. The van der Waals surface area contributed by atoms with E-state index < -0.39 is 54.0 Å². The summed E-state index contributed by atoms with van der Waals surface area (Å²) >= 11 is 0. The van der Waals surface area contributed by atoms with Gasteiger partial charge in [0.1, 0.15) is 6.10 Å². The Kier molecular flexibility index (Phi) is 6.69. The molecule has 1 aromatic heterocycles. The standard InChI is InChI=1S/C20H17F3N2O5S2/c21-20(22,23)16-10-9-15(31(27,28)14-6-2-1-3-7-14)12-19(16)32(29,30)25-13-18(26)17-8-4-5-11-24-17/h1-12,18,25-26H,13H2/t18-/m1/s1. The van der Waals surface area contributed by atoms with Crippen molar-refractivity contribution in [2.75, 3.05) is 6.54 Å². The fourth-order valence-corrected chi connectivity index (χ4v) is 5.48. The first-order chi connectivity index (χ1) is 14.9. The molecule has 0 radical (unpaired) electrons. The third-order valence-corrected chi connectivity index (χ3v) is 7.64. The van der Waals surface area contributed by atoms with Crippen LogP contribution >= 0.6 is 0 Å². The summed E-state index contributed by atoms with van der Waals surface area (Å²) < 4.78 is 93.4. The molecule has 0 saturated heterocycles. The molecule has 1 heterocycles. The van der Waals surface area contributed by atoms with E-state index in [2.05, 4.69) is 4.98 Å². The maximum Gasteiger partial charge on any atom is 0.417 e. The molecular formula is C20H17F3N2O5S2. The quantitative estimate of drug-likeness (QED) is 0.531. The molecule has 3 aromatic rings. The Morgan fingerprint density at radius 3 is 2.16 bits per heavy atom. The SMILES string of the molecule is O=S(=O)(NC[C@@H](O)c1ccccn1)c1cc(S(=O)(=O)c2ccccc2)ccc1C(F)(F)F. The van der Waals surface area contributed by atoms with Gasteiger partial charge in [0.25, 0.3) is 0 Å². The molecule has 7 nitrogen and oxygen atoms in total. The zero-order valence-corrected chi connectivity index (χ0v) is 17.8. The number of sulfonamides is 1. The lowest BCUT2D eigenvalue weighted by Crippen LogP contribution is -2.30. The number of rotatable bonds is 7. The Morgan fingerprint density at radius 1 is 0.906 bits per heavy atom. The van der Waals surface area contributed by atoms with Crippen molar-refractivity contribution in [2.24, 2.45) is 0 Å². The number of halogens is 3. The Balaban J connectivity index is 2.02. The first-order valence-electron chi connectivity index (χ1n) is 9.03. The lowest BCUT2D eigenvalue weighted by atomic mass is 10.2. The number of hydrogen-bond donors (Lipinski definition) is 2. The first kappa shape index (κ1) is 23.9. The predicted octanol–water partition coefficient (Wildman–Crippen LogP) is 2.95. The lowest BCUT2D eigenvalue weighted by molar-refractivity contribution is -0.139. The number of aliphatic hydroxyl groups excluding tert-OH is 1. The van der Waals surface area contributed by atoms with Gasteiger partial charge in [-0.2, -0.15) is 13.2 Å². The fourth-order valence-electron chi connectivity index (χ4n) is 2.81. The average molecular weight is 486 g/mol. The molecule has 0 fully saturated rings.